The molecule has 0 saturated heterocycles. The largest absolute Gasteiger partial charge is 0.125 e. The van der Waals surface area contributed by atoms with E-state index >= 15 is 0 Å². The molecule has 8 rings (SSSR count). The topological polar surface area (TPSA) is 0 Å². The number of hydrogen-bond donors (Lipinski definition) is 0. The fourth-order valence-electron chi connectivity index (χ4n) is 8.97. The summed E-state index contributed by atoms with van der Waals surface area (Å²) in [4.78, 5) is 0. The van der Waals surface area contributed by atoms with Crippen molar-refractivity contribution in [1.29, 1.82) is 0 Å². The zero-order chi connectivity index (χ0) is 26.1. The average Bonchev–Trinajstić information content (AvgIpc) is 3.34. The van der Waals surface area contributed by atoms with Crippen LogP contribution in [-0.4, -0.2) is 8.07 Å². The van der Waals surface area contributed by atoms with Crippen LogP contribution in [0.15, 0.2) is 84.9 Å². The first-order valence-corrected chi connectivity index (χ1v) is 16.4. The molecule has 2 aliphatic rings. The second-order valence-electron chi connectivity index (χ2n) is 12.9. The quantitative estimate of drug-likeness (QED) is 0.162. The van der Waals surface area contributed by atoms with Gasteiger partial charge in [-0.15, -0.1) is 0 Å². The molecule has 1 heteroatoms. The Bertz CT molecular complexity index is 1940. The number of benzene rings is 6. The first-order chi connectivity index (χ1) is 18.3. The van der Waals surface area contributed by atoms with Crippen LogP contribution < -0.4 is 10.4 Å². The van der Waals surface area contributed by atoms with E-state index in [4.69, 9.17) is 0 Å². The van der Waals surface area contributed by atoms with Crippen LogP contribution in [0.5, 0.6) is 0 Å². The second-order valence-corrected chi connectivity index (χ2v) is 18.0. The summed E-state index contributed by atoms with van der Waals surface area (Å²) >= 11 is 0. The van der Waals surface area contributed by atoms with E-state index in [1.165, 1.54) is 65.7 Å². The summed E-state index contributed by atoms with van der Waals surface area (Å²) in [6.07, 6.45) is 0. The molecule has 0 unspecified atom stereocenters. The highest BCUT2D eigenvalue weighted by Crippen LogP contribution is 2.54. The second kappa shape index (κ2) is 7.15. The van der Waals surface area contributed by atoms with E-state index < -0.39 is 8.07 Å². The first kappa shape index (κ1) is 22.6. The molecule has 6 aromatic rings. The lowest BCUT2D eigenvalue weighted by Crippen LogP contribution is -2.60. The summed E-state index contributed by atoms with van der Waals surface area (Å²) in [6.45, 7) is 14.8. The third-order valence-corrected chi connectivity index (χ3v) is 16.7. The van der Waals surface area contributed by atoms with Gasteiger partial charge in [0.15, 0.2) is 0 Å². The van der Waals surface area contributed by atoms with Gasteiger partial charge in [0.05, 0.1) is 0 Å². The lowest BCUT2D eigenvalue weighted by atomic mass is 9.78. The molecule has 0 amide bonds. The van der Waals surface area contributed by atoms with Gasteiger partial charge in [-0.25, -0.2) is 0 Å². The maximum absolute atomic E-state index is 2.54. The molecular weight excluding hydrogens is 472 g/mol. The van der Waals surface area contributed by atoms with Crippen LogP contribution in [0.25, 0.3) is 54.6 Å². The van der Waals surface area contributed by atoms with Crippen LogP contribution >= 0.6 is 0 Å². The van der Waals surface area contributed by atoms with E-state index in [0.717, 1.165) is 0 Å². The molecule has 1 aliphatic carbocycles. The van der Waals surface area contributed by atoms with E-state index in [9.17, 15) is 0 Å². The molecule has 0 radical (unpaired) electrons. The summed E-state index contributed by atoms with van der Waals surface area (Å²) in [6, 6.07) is 33.2. The van der Waals surface area contributed by atoms with Gasteiger partial charge >= 0.3 is 0 Å². The van der Waals surface area contributed by atoms with Gasteiger partial charge in [0.1, 0.15) is 8.07 Å². The molecule has 186 valence electrons. The standard InChI is InChI=1S/C37H34Si/c1-21(2)38(22(3)4)32-14-10-8-12-26(32)30-20-24-15-17-27-33-23(16-18-28(34(24)33)36(30)38)19-29-25-11-7-9-13-31(25)37(5,6)35(27)29/h7-22H,1-6H3. The van der Waals surface area contributed by atoms with Gasteiger partial charge in [-0.1, -0.05) is 114 Å². The first-order valence-electron chi connectivity index (χ1n) is 14.3. The van der Waals surface area contributed by atoms with Crippen molar-refractivity contribution in [2.24, 2.45) is 0 Å². The SMILES string of the molecule is CC(C)[Si]1(C(C)C)c2ccccc2-c2cc3ccc4c5c(cc6ccc(c21)c3c64)-c1ccccc1C5(C)C. The number of hydrogen-bond acceptors (Lipinski definition) is 0. The van der Waals surface area contributed by atoms with Crippen LogP contribution in [0.4, 0.5) is 0 Å². The van der Waals surface area contributed by atoms with Gasteiger partial charge < -0.3 is 0 Å². The maximum Gasteiger partial charge on any atom is 0.125 e. The third kappa shape index (κ3) is 2.39. The smallest absolute Gasteiger partial charge is 0.0645 e. The third-order valence-electron chi connectivity index (χ3n) is 10.3. The number of fused-ring (bicyclic) bond motifs is 8. The molecule has 0 N–H and O–H groups in total. The lowest BCUT2D eigenvalue weighted by molar-refractivity contribution is 0.666. The molecule has 1 aliphatic heterocycles. The van der Waals surface area contributed by atoms with Gasteiger partial charge in [0, 0.05) is 5.41 Å². The van der Waals surface area contributed by atoms with Crippen molar-refractivity contribution in [3.63, 3.8) is 0 Å². The Morgan fingerprint density at radius 2 is 1.16 bits per heavy atom. The zero-order valence-electron chi connectivity index (χ0n) is 23.2. The van der Waals surface area contributed by atoms with Crippen LogP contribution in [0.1, 0.15) is 52.7 Å². The fraction of sp³-hybridized carbons (Fsp3) is 0.243. The molecule has 0 nitrogen and oxygen atoms in total. The van der Waals surface area contributed by atoms with Gasteiger partial charge in [0.25, 0.3) is 0 Å². The molecule has 0 bridgehead atoms. The summed E-state index contributed by atoms with van der Waals surface area (Å²) < 4.78 is 0. The Morgan fingerprint density at radius 3 is 1.87 bits per heavy atom. The van der Waals surface area contributed by atoms with Crippen molar-refractivity contribution in [2.45, 2.75) is 58.0 Å². The lowest BCUT2D eigenvalue weighted by Gasteiger charge is -2.38. The minimum Gasteiger partial charge on any atom is -0.0645 e. The summed E-state index contributed by atoms with van der Waals surface area (Å²) in [5.74, 6) is 0. The van der Waals surface area contributed by atoms with E-state index in [-0.39, 0.29) is 5.41 Å². The van der Waals surface area contributed by atoms with Crippen molar-refractivity contribution < 1.29 is 0 Å². The molecule has 1 heterocycles. The summed E-state index contributed by atoms with van der Waals surface area (Å²) in [7, 11) is -2.02. The normalized spacial score (nSPS) is 16.5. The van der Waals surface area contributed by atoms with Crippen molar-refractivity contribution in [2.75, 3.05) is 0 Å². The van der Waals surface area contributed by atoms with Crippen LogP contribution in [-0.2, 0) is 5.41 Å². The monoisotopic (exact) mass is 506 g/mol. The van der Waals surface area contributed by atoms with E-state index in [1.54, 1.807) is 10.4 Å². The minimum absolute atomic E-state index is 0.0131. The molecule has 0 atom stereocenters. The van der Waals surface area contributed by atoms with E-state index in [2.05, 4.69) is 126 Å². The Kier molecular flexibility index (Phi) is 4.25. The van der Waals surface area contributed by atoms with Crippen molar-refractivity contribution >= 4 is 50.8 Å². The molecule has 0 fully saturated rings. The van der Waals surface area contributed by atoms with Crippen molar-refractivity contribution in [3.8, 4) is 22.3 Å². The molecule has 0 aromatic heterocycles. The minimum atomic E-state index is -2.02. The summed E-state index contributed by atoms with van der Waals surface area (Å²) in [5, 5.41) is 12.0. The molecule has 0 spiro atoms. The summed E-state index contributed by atoms with van der Waals surface area (Å²) in [5.41, 5.74) is 10.00. The average molecular weight is 507 g/mol. The van der Waals surface area contributed by atoms with Crippen molar-refractivity contribution in [1.82, 2.24) is 0 Å². The van der Waals surface area contributed by atoms with Crippen LogP contribution in [0, 0.1) is 0 Å². The Hall–Kier alpha value is -3.42. The predicted molar refractivity (Wildman–Crippen MR) is 168 cm³/mol. The van der Waals surface area contributed by atoms with Gasteiger partial charge in [0.2, 0.25) is 0 Å². The highest BCUT2D eigenvalue weighted by molar-refractivity contribution is 7.08. The van der Waals surface area contributed by atoms with Gasteiger partial charge in [-0.3, -0.25) is 0 Å². The molecular formula is C37H34Si. The fourth-order valence-corrected chi connectivity index (χ4v) is 15.3. The molecule has 0 saturated carbocycles. The highest BCUT2D eigenvalue weighted by Gasteiger charge is 2.51. The van der Waals surface area contributed by atoms with E-state index in [1.807, 2.05) is 0 Å². The van der Waals surface area contributed by atoms with E-state index in [0.29, 0.717) is 11.1 Å². The van der Waals surface area contributed by atoms with Crippen LogP contribution in [0.3, 0.4) is 0 Å². The highest BCUT2D eigenvalue weighted by atomic mass is 28.3. The molecule has 6 aromatic carbocycles. The molecule has 38 heavy (non-hydrogen) atoms. The Morgan fingerprint density at radius 1 is 0.579 bits per heavy atom. The van der Waals surface area contributed by atoms with Crippen molar-refractivity contribution in [3.05, 3.63) is 96.1 Å². The predicted octanol–water partition coefficient (Wildman–Crippen LogP) is 9.25. The van der Waals surface area contributed by atoms with Crippen LogP contribution in [0.2, 0.25) is 11.1 Å². The Balaban J connectivity index is 1.57. The maximum atomic E-state index is 2.54. The Labute approximate surface area is 226 Å². The van der Waals surface area contributed by atoms with Gasteiger partial charge in [-0.2, -0.15) is 0 Å². The van der Waals surface area contributed by atoms with Gasteiger partial charge in [-0.05, 0) is 99.3 Å². The number of rotatable bonds is 2. The zero-order valence-corrected chi connectivity index (χ0v) is 24.2.